The number of nitrogens with one attached hydrogen (secondary N) is 2. The third kappa shape index (κ3) is 2.93. The summed E-state index contributed by atoms with van der Waals surface area (Å²) >= 11 is 0. The zero-order chi connectivity index (χ0) is 19.2. The van der Waals surface area contributed by atoms with E-state index in [9.17, 15) is 0 Å². The summed E-state index contributed by atoms with van der Waals surface area (Å²) in [7, 11) is 0. The fourth-order valence-electron chi connectivity index (χ4n) is 4.41. The lowest BCUT2D eigenvalue weighted by Gasteiger charge is -2.18. The zero-order valence-electron chi connectivity index (χ0n) is 16.1. The van der Waals surface area contributed by atoms with Gasteiger partial charge in [0.05, 0.1) is 17.4 Å². The Balaban J connectivity index is 1.30. The highest BCUT2D eigenvalue weighted by Crippen LogP contribution is 2.28. The van der Waals surface area contributed by atoms with Gasteiger partial charge >= 0.3 is 0 Å². The minimum atomic E-state index is 0.911. The van der Waals surface area contributed by atoms with Crippen molar-refractivity contribution in [2.75, 3.05) is 13.1 Å². The highest BCUT2D eigenvalue weighted by atomic mass is 15.2. The summed E-state index contributed by atoms with van der Waals surface area (Å²) in [6.07, 6.45) is 6.61. The first-order valence-corrected chi connectivity index (χ1v) is 10.1. The molecular weight excluding hydrogens is 360 g/mol. The second kappa shape index (κ2) is 6.60. The van der Waals surface area contributed by atoms with Crippen molar-refractivity contribution < 1.29 is 0 Å². The highest BCUT2D eigenvalue weighted by Gasteiger charge is 2.18. The van der Waals surface area contributed by atoms with Crippen LogP contribution in [-0.4, -0.2) is 42.5 Å². The lowest BCUT2D eigenvalue weighted by Crippen LogP contribution is -2.26. The van der Waals surface area contributed by atoms with Crippen molar-refractivity contribution in [3.63, 3.8) is 0 Å². The monoisotopic (exact) mass is 382 g/mol. The first kappa shape index (κ1) is 16.6. The van der Waals surface area contributed by atoms with E-state index < -0.39 is 0 Å². The molecule has 0 spiro atoms. The number of aromatic amines is 2. The van der Waals surface area contributed by atoms with Crippen LogP contribution in [0.1, 0.15) is 11.5 Å². The van der Waals surface area contributed by atoms with Gasteiger partial charge in [-0.25, -0.2) is 9.97 Å². The molecule has 6 nitrogen and oxygen atoms in total. The minimum Gasteiger partial charge on any atom is -0.361 e. The molecule has 0 fully saturated rings. The Morgan fingerprint density at radius 3 is 2.79 bits per heavy atom. The molecule has 0 radical (unpaired) electrons. The SMILES string of the molecule is c1ncc(CN2CCc3nc4cc(-c5ccc6[nH]ccc6c5)ccc4n3CC2)[nH]1. The summed E-state index contributed by atoms with van der Waals surface area (Å²) in [5.41, 5.74) is 7.10. The van der Waals surface area contributed by atoms with E-state index in [2.05, 4.69) is 66.9 Å². The molecule has 1 aliphatic heterocycles. The number of H-pyrrole nitrogens is 2. The average molecular weight is 382 g/mol. The second-order valence-corrected chi connectivity index (χ2v) is 7.77. The first-order valence-electron chi connectivity index (χ1n) is 10.1. The van der Waals surface area contributed by atoms with Crippen LogP contribution >= 0.6 is 0 Å². The molecule has 4 heterocycles. The van der Waals surface area contributed by atoms with Gasteiger partial charge in [0.25, 0.3) is 0 Å². The molecule has 6 rings (SSSR count). The Bertz CT molecular complexity index is 1290. The van der Waals surface area contributed by atoms with Crippen LogP contribution in [0.2, 0.25) is 0 Å². The maximum atomic E-state index is 4.99. The predicted molar refractivity (Wildman–Crippen MR) is 115 cm³/mol. The molecule has 2 N–H and O–H groups in total. The Morgan fingerprint density at radius 1 is 0.931 bits per heavy atom. The predicted octanol–water partition coefficient (Wildman–Crippen LogP) is 3.97. The van der Waals surface area contributed by atoms with Gasteiger partial charge in [-0.3, -0.25) is 4.90 Å². The quantitative estimate of drug-likeness (QED) is 0.496. The smallest absolute Gasteiger partial charge is 0.111 e. The van der Waals surface area contributed by atoms with Crippen LogP contribution in [0.5, 0.6) is 0 Å². The minimum absolute atomic E-state index is 0.911. The summed E-state index contributed by atoms with van der Waals surface area (Å²) in [5, 5.41) is 1.24. The molecular formula is C23H22N6. The maximum Gasteiger partial charge on any atom is 0.111 e. The third-order valence-corrected chi connectivity index (χ3v) is 5.95. The van der Waals surface area contributed by atoms with E-state index in [0.717, 1.165) is 38.1 Å². The van der Waals surface area contributed by atoms with Gasteiger partial charge in [-0.2, -0.15) is 0 Å². The van der Waals surface area contributed by atoms with Crippen molar-refractivity contribution >= 4 is 21.9 Å². The topological polar surface area (TPSA) is 65.5 Å². The van der Waals surface area contributed by atoms with Crippen molar-refractivity contribution in [1.82, 2.24) is 29.4 Å². The molecule has 5 aromatic rings. The van der Waals surface area contributed by atoms with Gasteiger partial charge in [-0.05, 0) is 46.8 Å². The molecule has 0 atom stereocenters. The van der Waals surface area contributed by atoms with Crippen molar-refractivity contribution in [3.8, 4) is 11.1 Å². The Morgan fingerprint density at radius 2 is 1.86 bits per heavy atom. The Kier molecular flexibility index (Phi) is 3.77. The van der Waals surface area contributed by atoms with E-state index in [-0.39, 0.29) is 0 Å². The first-order chi connectivity index (χ1) is 14.3. The number of hydrogen-bond donors (Lipinski definition) is 2. The van der Waals surface area contributed by atoms with Crippen LogP contribution in [0.4, 0.5) is 0 Å². The summed E-state index contributed by atoms with van der Waals surface area (Å²) in [4.78, 5) is 18.0. The number of benzene rings is 2. The molecule has 1 aliphatic rings. The molecule has 0 aliphatic carbocycles. The van der Waals surface area contributed by atoms with E-state index in [1.165, 1.54) is 39.1 Å². The summed E-state index contributed by atoms with van der Waals surface area (Å²) in [6, 6.07) is 15.4. The molecule has 29 heavy (non-hydrogen) atoms. The molecule has 0 bridgehead atoms. The number of imidazole rings is 2. The third-order valence-electron chi connectivity index (χ3n) is 5.95. The van der Waals surface area contributed by atoms with Gasteiger partial charge < -0.3 is 14.5 Å². The fourth-order valence-corrected chi connectivity index (χ4v) is 4.41. The van der Waals surface area contributed by atoms with Crippen molar-refractivity contribution in [1.29, 1.82) is 0 Å². The van der Waals surface area contributed by atoms with Crippen molar-refractivity contribution in [2.45, 2.75) is 19.5 Å². The zero-order valence-corrected chi connectivity index (χ0v) is 16.1. The van der Waals surface area contributed by atoms with E-state index in [4.69, 9.17) is 4.98 Å². The van der Waals surface area contributed by atoms with E-state index in [1.807, 2.05) is 12.4 Å². The molecule has 2 aromatic carbocycles. The van der Waals surface area contributed by atoms with Crippen molar-refractivity contribution in [3.05, 3.63) is 72.7 Å². The van der Waals surface area contributed by atoms with Crippen LogP contribution in [0.15, 0.2) is 61.2 Å². The normalized spacial score (nSPS) is 15.0. The standard InChI is InChI=1S/C23H22N6/c1-3-20-18(5-7-25-20)11-16(1)17-2-4-22-21(12-17)27-23-6-8-28(9-10-29(22)23)14-19-13-24-15-26-19/h1-5,7,11-13,15,25H,6,8-10,14H2,(H,24,26). The van der Waals surface area contributed by atoms with Crippen LogP contribution in [0.25, 0.3) is 33.1 Å². The van der Waals surface area contributed by atoms with Crippen LogP contribution in [0, 0.1) is 0 Å². The molecule has 0 unspecified atom stereocenters. The number of rotatable bonds is 3. The molecule has 0 saturated carbocycles. The molecule has 0 amide bonds. The van der Waals surface area contributed by atoms with Crippen LogP contribution in [0.3, 0.4) is 0 Å². The van der Waals surface area contributed by atoms with Gasteiger partial charge in [0.2, 0.25) is 0 Å². The summed E-state index contributed by atoms with van der Waals surface area (Å²) in [5.74, 6) is 1.19. The van der Waals surface area contributed by atoms with Crippen LogP contribution < -0.4 is 0 Å². The van der Waals surface area contributed by atoms with Gasteiger partial charge in [0.15, 0.2) is 0 Å². The lowest BCUT2D eigenvalue weighted by atomic mass is 10.0. The Labute approximate surface area is 168 Å². The number of aromatic nitrogens is 5. The highest BCUT2D eigenvalue weighted by molar-refractivity contribution is 5.88. The molecule has 144 valence electrons. The number of fused-ring (bicyclic) bond motifs is 4. The van der Waals surface area contributed by atoms with Crippen LogP contribution in [-0.2, 0) is 19.5 Å². The lowest BCUT2D eigenvalue weighted by molar-refractivity contribution is 0.269. The van der Waals surface area contributed by atoms with E-state index in [0.29, 0.717) is 0 Å². The largest absolute Gasteiger partial charge is 0.361 e. The van der Waals surface area contributed by atoms with E-state index >= 15 is 0 Å². The fraction of sp³-hybridized carbons (Fsp3) is 0.217. The second-order valence-electron chi connectivity index (χ2n) is 7.77. The molecule has 0 saturated heterocycles. The van der Waals surface area contributed by atoms with E-state index in [1.54, 1.807) is 6.33 Å². The maximum absolute atomic E-state index is 4.99. The molecule has 3 aromatic heterocycles. The van der Waals surface area contributed by atoms with Crippen molar-refractivity contribution in [2.24, 2.45) is 0 Å². The Hall–Kier alpha value is -3.38. The van der Waals surface area contributed by atoms with Gasteiger partial charge in [-0.1, -0.05) is 12.1 Å². The number of nitrogens with zero attached hydrogens (tertiary/aromatic N) is 4. The summed E-state index contributed by atoms with van der Waals surface area (Å²) < 4.78 is 2.39. The molecule has 6 heteroatoms. The van der Waals surface area contributed by atoms with Gasteiger partial charge in [0, 0.05) is 56.2 Å². The summed E-state index contributed by atoms with van der Waals surface area (Å²) in [6.45, 7) is 3.91. The van der Waals surface area contributed by atoms with Gasteiger partial charge in [0.1, 0.15) is 5.82 Å². The average Bonchev–Trinajstić information content (AvgIpc) is 3.46. The number of hydrogen-bond acceptors (Lipinski definition) is 3. The van der Waals surface area contributed by atoms with Gasteiger partial charge in [-0.15, -0.1) is 0 Å².